The summed E-state index contributed by atoms with van der Waals surface area (Å²) in [5.74, 6) is 1.42. The number of ether oxygens (including phenoxy) is 3. The van der Waals surface area contributed by atoms with Crippen LogP contribution in [0.5, 0.6) is 17.2 Å². The van der Waals surface area contributed by atoms with Gasteiger partial charge in [-0.25, -0.2) is 0 Å². The van der Waals surface area contributed by atoms with Crippen molar-refractivity contribution in [3.63, 3.8) is 0 Å². The SMILES string of the molecule is COc1ccc([Si](C)(C)[C@@H]2[C@@H](CCn3cc(CCO)nn3)O[C@]3(C(=O)N(Cc4cccc(N5C(=O)c6ccccc6Oc6ccccc65)c4)c4ccccc43)[C@H]2C)cc1. The fraction of sp³-hybridized carbons (Fsp3) is 0.277. The number of aryl methyl sites for hydroxylation is 1. The van der Waals surface area contributed by atoms with Gasteiger partial charge in [0.1, 0.15) is 11.5 Å². The Morgan fingerprint density at radius 2 is 1.59 bits per heavy atom. The molecule has 0 bridgehead atoms. The normalized spacial score (nSPS) is 20.9. The van der Waals surface area contributed by atoms with Crippen LogP contribution in [0.2, 0.25) is 18.6 Å². The molecule has 12 heteroatoms. The van der Waals surface area contributed by atoms with E-state index in [9.17, 15) is 9.90 Å². The molecule has 0 saturated carbocycles. The molecule has 1 N–H and O–H groups in total. The Balaban J connectivity index is 1.07. The lowest BCUT2D eigenvalue weighted by Crippen LogP contribution is -2.51. The average Bonchev–Trinajstić information content (AvgIpc) is 3.87. The van der Waals surface area contributed by atoms with Crippen molar-refractivity contribution >= 4 is 42.1 Å². The van der Waals surface area contributed by atoms with Crippen molar-refractivity contribution in [2.45, 2.75) is 63.2 Å². The number of fused-ring (bicyclic) bond motifs is 4. The van der Waals surface area contributed by atoms with Crippen molar-refractivity contribution in [2.24, 2.45) is 5.92 Å². The molecular formula is C47H47N5O6Si. The first-order valence-electron chi connectivity index (χ1n) is 20.2. The average molecular weight is 806 g/mol. The zero-order valence-corrected chi connectivity index (χ0v) is 34.6. The minimum Gasteiger partial charge on any atom is -0.497 e. The molecule has 1 saturated heterocycles. The monoisotopic (exact) mass is 805 g/mol. The van der Waals surface area contributed by atoms with Crippen LogP contribution >= 0.6 is 0 Å². The van der Waals surface area contributed by atoms with E-state index in [0.717, 1.165) is 28.3 Å². The summed E-state index contributed by atoms with van der Waals surface area (Å²) in [6.07, 6.45) is 2.68. The van der Waals surface area contributed by atoms with Gasteiger partial charge in [-0.1, -0.05) is 97.1 Å². The predicted octanol–water partition coefficient (Wildman–Crippen LogP) is 7.76. The molecule has 0 unspecified atom stereocenters. The molecule has 0 aliphatic carbocycles. The molecule has 11 nitrogen and oxygen atoms in total. The van der Waals surface area contributed by atoms with Crippen molar-refractivity contribution in [3.8, 4) is 17.2 Å². The number of para-hydroxylation sites is 4. The molecule has 4 atom stereocenters. The lowest BCUT2D eigenvalue weighted by Gasteiger charge is -2.37. The summed E-state index contributed by atoms with van der Waals surface area (Å²) >= 11 is 0. The molecule has 2 amide bonds. The van der Waals surface area contributed by atoms with Gasteiger partial charge in [-0.05, 0) is 72.1 Å². The van der Waals surface area contributed by atoms with Crippen molar-refractivity contribution in [1.29, 1.82) is 0 Å². The maximum atomic E-state index is 15.4. The summed E-state index contributed by atoms with van der Waals surface area (Å²) in [5, 5.41) is 19.3. The fourth-order valence-corrected chi connectivity index (χ4v) is 13.7. The van der Waals surface area contributed by atoms with Gasteiger partial charge in [0.15, 0.2) is 11.4 Å². The molecule has 1 spiro atoms. The number of amides is 2. The number of anilines is 3. The third-order valence-corrected chi connectivity index (χ3v) is 16.9. The Hall–Kier alpha value is -6.08. The quantitative estimate of drug-likeness (QED) is 0.132. The molecule has 1 aromatic heterocycles. The molecule has 6 aromatic rings. The lowest BCUT2D eigenvalue weighted by atomic mass is 9.82. The number of nitrogens with zero attached hydrogens (tertiary/aromatic N) is 5. The van der Waals surface area contributed by atoms with Crippen LogP contribution in [0, 0.1) is 5.92 Å². The van der Waals surface area contributed by atoms with Crippen LogP contribution < -0.4 is 24.5 Å². The van der Waals surface area contributed by atoms with E-state index in [-0.39, 0.29) is 42.5 Å². The summed E-state index contributed by atoms with van der Waals surface area (Å²) in [7, 11) is -0.690. The maximum absolute atomic E-state index is 15.4. The van der Waals surface area contributed by atoms with Gasteiger partial charge in [0.25, 0.3) is 11.8 Å². The van der Waals surface area contributed by atoms with Crippen LogP contribution in [0.1, 0.15) is 40.5 Å². The van der Waals surface area contributed by atoms with Crippen LogP contribution in [0.15, 0.2) is 128 Å². The molecule has 3 aliphatic rings. The zero-order valence-electron chi connectivity index (χ0n) is 33.6. The van der Waals surface area contributed by atoms with Gasteiger partial charge in [-0.2, -0.15) is 0 Å². The van der Waals surface area contributed by atoms with E-state index in [1.807, 2.05) is 119 Å². The highest BCUT2D eigenvalue weighted by Gasteiger charge is 2.66. The number of aliphatic hydroxyl groups is 1. The summed E-state index contributed by atoms with van der Waals surface area (Å²) in [4.78, 5) is 33.3. The van der Waals surface area contributed by atoms with Gasteiger partial charge in [-0.15, -0.1) is 5.10 Å². The summed E-state index contributed by atoms with van der Waals surface area (Å²) in [6.45, 7) is 7.78. The number of hydrogen-bond acceptors (Lipinski definition) is 8. The van der Waals surface area contributed by atoms with Crippen LogP contribution in [0.25, 0.3) is 0 Å². The van der Waals surface area contributed by atoms with Gasteiger partial charge >= 0.3 is 0 Å². The summed E-state index contributed by atoms with van der Waals surface area (Å²) < 4.78 is 20.9. The van der Waals surface area contributed by atoms with Gasteiger partial charge in [-0.3, -0.25) is 19.2 Å². The van der Waals surface area contributed by atoms with E-state index < -0.39 is 13.7 Å². The largest absolute Gasteiger partial charge is 0.497 e. The number of aliphatic hydroxyl groups excluding tert-OH is 1. The highest BCUT2D eigenvalue weighted by molar-refractivity contribution is 6.91. The first-order valence-corrected chi connectivity index (χ1v) is 23.2. The zero-order chi connectivity index (χ0) is 40.9. The van der Waals surface area contributed by atoms with Crippen molar-refractivity contribution in [3.05, 3.63) is 150 Å². The Morgan fingerprint density at radius 1 is 0.864 bits per heavy atom. The second-order valence-electron chi connectivity index (χ2n) is 16.2. The third-order valence-electron chi connectivity index (χ3n) is 12.5. The molecule has 0 radical (unpaired) electrons. The van der Waals surface area contributed by atoms with E-state index in [2.05, 4.69) is 42.5 Å². The summed E-state index contributed by atoms with van der Waals surface area (Å²) in [5.41, 5.74) is 3.89. The number of carbonyl (C=O) groups is 2. The van der Waals surface area contributed by atoms with Gasteiger partial charge in [0.05, 0.1) is 50.5 Å². The predicted molar refractivity (Wildman–Crippen MR) is 229 cm³/mol. The molecule has 9 rings (SSSR count). The molecule has 300 valence electrons. The lowest BCUT2D eigenvalue weighted by molar-refractivity contribution is -0.146. The Labute approximate surface area is 344 Å². The Bertz CT molecular complexity index is 2540. The standard InChI is InChI=1S/C47H47N5O6Si/c1-31-44(59(3,4)36-22-20-35(56-2)21-23-36)43(24-26-50-30-33(25-27-53)48-49-50)58-47(31)38-15-6-7-16-39(38)51(46(47)55)29-32-12-11-13-34(28-32)52-40-17-8-10-19-42(40)57-41-18-9-5-14-37(41)45(52)54/h5-23,28,30-31,43-44,53H,24-27,29H2,1-4H3/t31-,43+,44-,47+/m0/s1. The number of carbonyl (C=O) groups excluding carboxylic acids is 2. The van der Waals surface area contributed by atoms with E-state index >= 15 is 4.79 Å². The topological polar surface area (TPSA) is 119 Å². The number of aromatic nitrogens is 3. The van der Waals surface area contributed by atoms with E-state index in [0.29, 0.717) is 47.8 Å². The van der Waals surface area contributed by atoms with E-state index in [4.69, 9.17) is 14.2 Å². The number of hydrogen-bond donors (Lipinski definition) is 1. The smallest absolute Gasteiger partial charge is 0.266 e. The van der Waals surface area contributed by atoms with Crippen LogP contribution in [0.4, 0.5) is 17.1 Å². The third kappa shape index (κ3) is 6.51. The Kier molecular flexibility index (Phi) is 9.94. The molecule has 59 heavy (non-hydrogen) atoms. The van der Waals surface area contributed by atoms with Crippen LogP contribution in [0.3, 0.4) is 0 Å². The van der Waals surface area contributed by atoms with Gasteiger partial charge < -0.3 is 24.2 Å². The number of benzene rings is 5. The molecule has 3 aliphatic heterocycles. The minimum atomic E-state index is -2.36. The highest BCUT2D eigenvalue weighted by Crippen LogP contribution is 2.60. The van der Waals surface area contributed by atoms with Gasteiger partial charge in [0, 0.05) is 42.9 Å². The van der Waals surface area contributed by atoms with Crippen molar-refractivity contribution < 1.29 is 28.9 Å². The first-order chi connectivity index (χ1) is 28.6. The van der Waals surface area contributed by atoms with Crippen molar-refractivity contribution in [1.82, 2.24) is 15.0 Å². The highest BCUT2D eigenvalue weighted by atomic mass is 28.3. The molecular weight excluding hydrogens is 759 g/mol. The van der Waals surface area contributed by atoms with Crippen LogP contribution in [-0.4, -0.2) is 59.8 Å². The maximum Gasteiger partial charge on any atom is 0.266 e. The van der Waals surface area contributed by atoms with Crippen LogP contribution in [-0.2, 0) is 34.6 Å². The Morgan fingerprint density at radius 3 is 2.37 bits per heavy atom. The number of methoxy groups -OCH3 is 1. The van der Waals surface area contributed by atoms with E-state index in [1.165, 1.54) is 5.19 Å². The van der Waals surface area contributed by atoms with Crippen molar-refractivity contribution in [2.75, 3.05) is 23.5 Å². The molecule has 5 aromatic carbocycles. The first kappa shape index (κ1) is 38.4. The summed E-state index contributed by atoms with van der Waals surface area (Å²) in [6, 6.07) is 39.0. The fourth-order valence-electron chi connectivity index (χ4n) is 9.67. The number of rotatable bonds is 11. The molecule has 1 fully saturated rings. The van der Waals surface area contributed by atoms with E-state index in [1.54, 1.807) is 18.1 Å². The minimum absolute atomic E-state index is 0.00429. The van der Waals surface area contributed by atoms with Gasteiger partial charge in [0.2, 0.25) is 0 Å². The molecule has 4 heterocycles. The second-order valence-corrected chi connectivity index (χ2v) is 20.9. The second kappa shape index (κ2) is 15.3.